The lowest BCUT2D eigenvalue weighted by Gasteiger charge is -2.10. The van der Waals surface area contributed by atoms with Crippen LogP contribution in [0.15, 0.2) is 60.2 Å². The smallest absolute Gasteiger partial charge is 0.189 e. The number of anilines is 1. The van der Waals surface area contributed by atoms with E-state index in [1.807, 2.05) is 68.4 Å². The Hall–Kier alpha value is -2.35. The molecule has 2 heteroatoms. The van der Waals surface area contributed by atoms with Crippen molar-refractivity contribution in [3.05, 3.63) is 71.3 Å². The molecular formula is C17H17NO. The zero-order valence-corrected chi connectivity index (χ0v) is 11.2. The Bertz CT molecular complexity index is 627. The number of hydrogen-bond donors (Lipinski definition) is 1. The summed E-state index contributed by atoms with van der Waals surface area (Å²) in [5.74, 6) is 0.0429. The van der Waals surface area contributed by atoms with Gasteiger partial charge in [0, 0.05) is 22.4 Å². The van der Waals surface area contributed by atoms with Gasteiger partial charge in [-0.3, -0.25) is 4.79 Å². The molecule has 0 atom stereocenters. The van der Waals surface area contributed by atoms with Crippen LogP contribution in [0.25, 0.3) is 5.57 Å². The SMILES string of the molecule is CC(C(=O)c1ccccc1)=C(C)c1ccccc1N. The van der Waals surface area contributed by atoms with E-state index in [0.29, 0.717) is 11.3 Å². The number of carbonyl (C=O) groups excluding carboxylic acids is 1. The third-order valence-electron chi connectivity index (χ3n) is 3.30. The van der Waals surface area contributed by atoms with Gasteiger partial charge in [0.05, 0.1) is 0 Å². The minimum absolute atomic E-state index is 0.0429. The van der Waals surface area contributed by atoms with Gasteiger partial charge in [0.15, 0.2) is 5.78 Å². The molecule has 2 nitrogen and oxygen atoms in total. The Morgan fingerprint density at radius 3 is 2.11 bits per heavy atom. The molecule has 0 unspecified atom stereocenters. The zero-order chi connectivity index (χ0) is 13.8. The number of benzene rings is 2. The Labute approximate surface area is 113 Å². The molecule has 96 valence electrons. The summed E-state index contributed by atoms with van der Waals surface area (Å²) in [6.07, 6.45) is 0. The number of para-hydroxylation sites is 1. The molecule has 19 heavy (non-hydrogen) atoms. The number of rotatable bonds is 3. The molecule has 0 aliphatic heterocycles. The Balaban J connectivity index is 2.42. The molecule has 0 aliphatic rings. The molecule has 0 fully saturated rings. The van der Waals surface area contributed by atoms with Crippen molar-refractivity contribution in [2.45, 2.75) is 13.8 Å². The molecule has 0 aliphatic carbocycles. The predicted molar refractivity (Wildman–Crippen MR) is 79.9 cm³/mol. The standard InChI is InChI=1S/C17H17NO/c1-12(15-10-6-7-11-16(15)18)13(2)17(19)14-8-4-3-5-9-14/h3-11H,18H2,1-2H3. The van der Waals surface area contributed by atoms with Crippen molar-refractivity contribution in [2.75, 3.05) is 5.73 Å². The zero-order valence-electron chi connectivity index (χ0n) is 11.2. The largest absolute Gasteiger partial charge is 0.398 e. The van der Waals surface area contributed by atoms with E-state index in [-0.39, 0.29) is 5.78 Å². The van der Waals surface area contributed by atoms with Crippen LogP contribution in [0.3, 0.4) is 0 Å². The Morgan fingerprint density at radius 1 is 0.895 bits per heavy atom. The molecule has 2 rings (SSSR count). The number of Topliss-reactive ketones (excluding diaryl/α,β-unsaturated/α-hetero) is 1. The fourth-order valence-corrected chi connectivity index (χ4v) is 2.02. The van der Waals surface area contributed by atoms with E-state index in [1.165, 1.54) is 0 Å². The fourth-order valence-electron chi connectivity index (χ4n) is 2.02. The minimum Gasteiger partial charge on any atom is -0.398 e. The number of hydrogen-bond acceptors (Lipinski definition) is 2. The van der Waals surface area contributed by atoms with Gasteiger partial charge < -0.3 is 5.73 Å². The minimum atomic E-state index is 0.0429. The van der Waals surface area contributed by atoms with E-state index < -0.39 is 0 Å². The summed E-state index contributed by atoms with van der Waals surface area (Å²) in [5.41, 5.74) is 9.92. The second-order valence-corrected chi connectivity index (χ2v) is 4.53. The highest BCUT2D eigenvalue weighted by Gasteiger charge is 2.12. The Morgan fingerprint density at radius 2 is 1.47 bits per heavy atom. The van der Waals surface area contributed by atoms with Gasteiger partial charge in [0.2, 0.25) is 0 Å². The molecule has 2 aromatic carbocycles. The maximum atomic E-state index is 12.4. The van der Waals surface area contributed by atoms with Gasteiger partial charge in [0.25, 0.3) is 0 Å². The van der Waals surface area contributed by atoms with Crippen LogP contribution in [-0.2, 0) is 0 Å². The molecule has 2 aromatic rings. The highest BCUT2D eigenvalue weighted by Crippen LogP contribution is 2.25. The number of ketones is 1. The summed E-state index contributed by atoms with van der Waals surface area (Å²) in [7, 11) is 0. The van der Waals surface area contributed by atoms with E-state index in [0.717, 1.165) is 16.7 Å². The topological polar surface area (TPSA) is 43.1 Å². The second-order valence-electron chi connectivity index (χ2n) is 4.53. The van der Waals surface area contributed by atoms with Crippen molar-refractivity contribution in [3.8, 4) is 0 Å². The van der Waals surface area contributed by atoms with Gasteiger partial charge in [-0.2, -0.15) is 0 Å². The van der Waals surface area contributed by atoms with Crippen molar-refractivity contribution in [1.82, 2.24) is 0 Å². The first-order valence-corrected chi connectivity index (χ1v) is 6.23. The second kappa shape index (κ2) is 5.53. The van der Waals surface area contributed by atoms with Crippen LogP contribution < -0.4 is 5.73 Å². The quantitative estimate of drug-likeness (QED) is 0.510. The first kappa shape index (κ1) is 13.1. The van der Waals surface area contributed by atoms with Gasteiger partial charge in [-0.1, -0.05) is 48.5 Å². The molecule has 0 bridgehead atoms. The van der Waals surface area contributed by atoms with E-state index in [2.05, 4.69) is 0 Å². The lowest BCUT2D eigenvalue weighted by Crippen LogP contribution is -2.03. The van der Waals surface area contributed by atoms with Crippen molar-refractivity contribution in [3.63, 3.8) is 0 Å². The fraction of sp³-hybridized carbons (Fsp3) is 0.118. The highest BCUT2D eigenvalue weighted by molar-refractivity contribution is 6.12. The third-order valence-corrected chi connectivity index (χ3v) is 3.30. The maximum absolute atomic E-state index is 12.4. The first-order chi connectivity index (χ1) is 9.11. The van der Waals surface area contributed by atoms with E-state index in [1.54, 1.807) is 0 Å². The summed E-state index contributed by atoms with van der Waals surface area (Å²) >= 11 is 0. The molecule has 2 N–H and O–H groups in total. The molecule has 0 amide bonds. The van der Waals surface area contributed by atoms with Crippen LogP contribution in [0.2, 0.25) is 0 Å². The van der Waals surface area contributed by atoms with Crippen molar-refractivity contribution >= 4 is 17.0 Å². The number of carbonyl (C=O) groups is 1. The summed E-state index contributed by atoms with van der Waals surface area (Å²) in [5, 5.41) is 0. The number of allylic oxidation sites excluding steroid dienone is 2. The van der Waals surface area contributed by atoms with Crippen LogP contribution >= 0.6 is 0 Å². The molecule has 0 radical (unpaired) electrons. The molecule has 0 saturated heterocycles. The lowest BCUT2D eigenvalue weighted by molar-refractivity contribution is 0.103. The van der Waals surface area contributed by atoms with Crippen LogP contribution in [0.5, 0.6) is 0 Å². The lowest BCUT2D eigenvalue weighted by atomic mass is 9.95. The summed E-state index contributed by atoms with van der Waals surface area (Å²) in [4.78, 5) is 12.4. The molecule has 0 spiro atoms. The van der Waals surface area contributed by atoms with Gasteiger partial charge >= 0.3 is 0 Å². The van der Waals surface area contributed by atoms with Gasteiger partial charge in [-0.25, -0.2) is 0 Å². The van der Waals surface area contributed by atoms with E-state index >= 15 is 0 Å². The molecular weight excluding hydrogens is 234 g/mol. The first-order valence-electron chi connectivity index (χ1n) is 6.23. The normalized spacial score (nSPS) is 11.9. The molecule has 0 aromatic heterocycles. The molecule has 0 saturated carbocycles. The van der Waals surface area contributed by atoms with Crippen molar-refractivity contribution in [1.29, 1.82) is 0 Å². The van der Waals surface area contributed by atoms with Crippen molar-refractivity contribution in [2.24, 2.45) is 0 Å². The maximum Gasteiger partial charge on any atom is 0.189 e. The summed E-state index contributed by atoms with van der Waals surface area (Å²) < 4.78 is 0. The summed E-state index contributed by atoms with van der Waals surface area (Å²) in [6.45, 7) is 3.78. The average Bonchev–Trinajstić information content (AvgIpc) is 2.46. The van der Waals surface area contributed by atoms with Gasteiger partial charge in [-0.15, -0.1) is 0 Å². The third kappa shape index (κ3) is 2.74. The molecule has 0 heterocycles. The van der Waals surface area contributed by atoms with Gasteiger partial charge in [-0.05, 0) is 25.5 Å². The van der Waals surface area contributed by atoms with Crippen LogP contribution in [0.1, 0.15) is 29.8 Å². The Kier molecular flexibility index (Phi) is 3.81. The van der Waals surface area contributed by atoms with E-state index in [4.69, 9.17) is 5.73 Å². The number of nitrogen functional groups attached to an aromatic ring is 1. The van der Waals surface area contributed by atoms with Crippen LogP contribution in [0, 0.1) is 0 Å². The monoisotopic (exact) mass is 251 g/mol. The van der Waals surface area contributed by atoms with Gasteiger partial charge in [0.1, 0.15) is 0 Å². The summed E-state index contributed by atoms with van der Waals surface area (Å²) in [6, 6.07) is 16.9. The highest BCUT2D eigenvalue weighted by atomic mass is 16.1. The van der Waals surface area contributed by atoms with Crippen LogP contribution in [-0.4, -0.2) is 5.78 Å². The van der Waals surface area contributed by atoms with E-state index in [9.17, 15) is 4.79 Å². The average molecular weight is 251 g/mol. The van der Waals surface area contributed by atoms with Crippen LogP contribution in [0.4, 0.5) is 5.69 Å². The number of nitrogens with two attached hydrogens (primary N) is 1. The van der Waals surface area contributed by atoms with Crippen molar-refractivity contribution < 1.29 is 4.79 Å². The predicted octanol–water partition coefficient (Wildman–Crippen LogP) is 3.95.